The zero-order chi connectivity index (χ0) is 34.7. The third-order valence-corrected chi connectivity index (χ3v) is 8.10. The zero-order valence-electron chi connectivity index (χ0n) is 25.4. The first kappa shape index (κ1) is 35.0. The number of benzene rings is 1. The van der Waals surface area contributed by atoms with E-state index < -0.39 is 58.2 Å². The highest BCUT2D eigenvalue weighted by Crippen LogP contribution is 2.33. The second-order valence-electron chi connectivity index (χ2n) is 10.7. The third kappa shape index (κ3) is 7.94. The third-order valence-electron chi connectivity index (χ3n) is 7.09. The first-order valence-electron chi connectivity index (χ1n) is 13.8. The number of nitrogens with zero attached hydrogens (tertiary/aromatic N) is 5. The van der Waals surface area contributed by atoms with Crippen molar-refractivity contribution < 1.29 is 51.0 Å². The van der Waals surface area contributed by atoms with Crippen molar-refractivity contribution in [2.45, 2.75) is 44.5 Å². The number of carboxylic acids is 1. The molecule has 0 radical (unpaired) electrons. The van der Waals surface area contributed by atoms with Crippen LogP contribution >= 0.6 is 11.3 Å². The van der Waals surface area contributed by atoms with Crippen LogP contribution in [0.5, 0.6) is 5.75 Å². The molecule has 9 N–H and O–H groups in total. The molecule has 1 aromatic carbocycles. The summed E-state index contributed by atoms with van der Waals surface area (Å²) in [5, 5.41) is 17.6. The normalized spacial score (nSPS) is 16.8. The summed E-state index contributed by atoms with van der Waals surface area (Å²) in [6.45, 7) is 3.43. The van der Waals surface area contributed by atoms with Gasteiger partial charge in [0.05, 0.1) is 18.2 Å². The van der Waals surface area contributed by atoms with E-state index in [-0.39, 0.29) is 10.8 Å². The SMILES string of the molecule is Cn1c(N)c(-c2ccc(OC[C@H](O/N=C(\C(=O)NC3C(=O)N(OS(=O)(=O)O)C3(C)C)c3csc(N)n3)C(=O)O)cc2)c[n+]1CCCN. The van der Waals surface area contributed by atoms with Crippen LogP contribution in [0.25, 0.3) is 11.1 Å². The molecule has 3 aromatic rings. The van der Waals surface area contributed by atoms with Gasteiger partial charge < -0.3 is 37.2 Å². The van der Waals surface area contributed by atoms with Gasteiger partial charge in [0.1, 0.15) is 24.1 Å². The maximum absolute atomic E-state index is 13.2. The van der Waals surface area contributed by atoms with Gasteiger partial charge in [-0.15, -0.1) is 25.0 Å². The highest BCUT2D eigenvalue weighted by molar-refractivity contribution is 7.80. The molecular formula is C26H34N9O10S2+. The Hall–Kier alpha value is -4.83. The predicted octanol–water partition coefficient (Wildman–Crippen LogP) is -0.958. The molecule has 254 valence electrons. The van der Waals surface area contributed by atoms with Gasteiger partial charge in [-0.3, -0.25) is 14.1 Å². The molecule has 2 aromatic heterocycles. The van der Waals surface area contributed by atoms with Crippen LogP contribution in [-0.4, -0.2) is 87.1 Å². The van der Waals surface area contributed by atoms with Crippen LogP contribution in [0.1, 0.15) is 26.0 Å². The van der Waals surface area contributed by atoms with Crippen molar-refractivity contribution in [3.8, 4) is 16.9 Å². The molecule has 1 saturated heterocycles. The van der Waals surface area contributed by atoms with Crippen molar-refractivity contribution in [1.82, 2.24) is 20.0 Å². The number of hydrogen-bond acceptors (Lipinski definition) is 14. The number of nitrogen functional groups attached to an aromatic ring is 2. The number of anilines is 2. The number of carbonyl (C=O) groups excluding carboxylic acids is 2. The molecule has 3 heterocycles. The number of amides is 2. The molecule has 2 atom stereocenters. The summed E-state index contributed by atoms with van der Waals surface area (Å²) in [7, 11) is -3.18. The number of rotatable bonds is 15. The summed E-state index contributed by atoms with van der Waals surface area (Å²) in [4.78, 5) is 46.9. The molecule has 1 unspecified atom stereocenters. The number of hydroxylamine groups is 2. The van der Waals surface area contributed by atoms with Gasteiger partial charge >= 0.3 is 16.4 Å². The van der Waals surface area contributed by atoms with E-state index in [0.29, 0.717) is 29.7 Å². The van der Waals surface area contributed by atoms with Gasteiger partial charge in [0, 0.05) is 11.8 Å². The second-order valence-corrected chi connectivity index (χ2v) is 12.6. The molecule has 2 amide bonds. The fourth-order valence-electron chi connectivity index (χ4n) is 4.49. The maximum Gasteiger partial charge on any atom is 0.418 e. The Kier molecular flexibility index (Phi) is 10.3. The summed E-state index contributed by atoms with van der Waals surface area (Å²) in [6.07, 6.45) is 0.990. The number of nitrogens with one attached hydrogen (secondary N) is 1. The smallest absolute Gasteiger partial charge is 0.418 e. The lowest BCUT2D eigenvalue weighted by molar-refractivity contribution is -0.772. The van der Waals surface area contributed by atoms with Gasteiger partial charge in [0.25, 0.3) is 17.9 Å². The molecule has 1 aliphatic rings. The summed E-state index contributed by atoms with van der Waals surface area (Å²) in [5.41, 5.74) is 17.1. The number of nitrogens with two attached hydrogens (primary N) is 3. The van der Waals surface area contributed by atoms with E-state index in [9.17, 15) is 27.9 Å². The Balaban J connectivity index is 1.46. The van der Waals surface area contributed by atoms with Crippen LogP contribution in [-0.2, 0) is 47.5 Å². The number of aliphatic carboxylic acids is 1. The lowest BCUT2D eigenvalue weighted by atomic mass is 9.84. The van der Waals surface area contributed by atoms with E-state index in [4.69, 9.17) is 31.3 Å². The molecule has 0 saturated carbocycles. The summed E-state index contributed by atoms with van der Waals surface area (Å²) in [5.74, 6) is -2.63. The molecule has 1 aliphatic heterocycles. The molecular weight excluding hydrogens is 662 g/mol. The predicted molar refractivity (Wildman–Crippen MR) is 166 cm³/mol. The number of β-lactam (4-membered cyclic amide) rings is 1. The van der Waals surface area contributed by atoms with Crippen LogP contribution < -0.4 is 31.9 Å². The average Bonchev–Trinajstić information content (AvgIpc) is 3.56. The van der Waals surface area contributed by atoms with Gasteiger partial charge in [-0.2, -0.15) is 13.5 Å². The minimum Gasteiger partial charge on any atom is -0.489 e. The number of aromatic nitrogens is 3. The monoisotopic (exact) mass is 696 g/mol. The lowest BCUT2D eigenvalue weighted by Gasteiger charge is -2.50. The van der Waals surface area contributed by atoms with Crippen molar-refractivity contribution >= 4 is 56.2 Å². The van der Waals surface area contributed by atoms with Crippen LogP contribution in [0.15, 0.2) is 41.0 Å². The van der Waals surface area contributed by atoms with Crippen molar-refractivity contribution in [2.24, 2.45) is 17.9 Å². The van der Waals surface area contributed by atoms with E-state index in [1.54, 1.807) is 24.3 Å². The molecule has 19 nitrogen and oxygen atoms in total. The van der Waals surface area contributed by atoms with E-state index in [2.05, 4.69) is 19.7 Å². The van der Waals surface area contributed by atoms with Gasteiger partial charge in [0.2, 0.25) is 6.20 Å². The molecule has 0 bridgehead atoms. The number of thiazole rings is 1. The quantitative estimate of drug-likeness (QED) is 0.0367. The van der Waals surface area contributed by atoms with E-state index in [1.165, 1.54) is 19.2 Å². The average molecular weight is 697 g/mol. The first-order chi connectivity index (χ1) is 22.0. The van der Waals surface area contributed by atoms with E-state index in [1.807, 2.05) is 22.6 Å². The standard InChI is InChI=1S/C26H33N9O10S2/c1-26(2)20(23(37)35(26)45-47(40,41)42)31-22(36)19(17-13-46-25(29)30-17)32-44-18(24(38)39)12-43-15-7-5-14(6-8-15)16-11-34(10-4-9-27)33(3)21(16)28/h5-8,11,13,18,20,28H,4,9-10,12,27H2,1-3H3,(H5,29,30,31,36,38,39,40,41,42)/p+1/b32-19-/t18-,20?/m0/s1. The minimum absolute atomic E-state index is 0.0532. The van der Waals surface area contributed by atoms with Crippen LogP contribution in [0.3, 0.4) is 0 Å². The fraction of sp³-hybridized carbons (Fsp3) is 0.385. The molecule has 1 fully saturated rings. The van der Waals surface area contributed by atoms with Gasteiger partial charge in [-0.05, 0) is 38.1 Å². The molecule has 4 rings (SSSR count). The second kappa shape index (κ2) is 13.9. The Morgan fingerprint density at radius 2 is 1.94 bits per heavy atom. The van der Waals surface area contributed by atoms with Crippen molar-refractivity contribution in [2.75, 3.05) is 24.6 Å². The summed E-state index contributed by atoms with van der Waals surface area (Å²) in [6, 6.07) is 5.42. The van der Waals surface area contributed by atoms with Crippen molar-refractivity contribution in [3.63, 3.8) is 0 Å². The molecule has 0 spiro atoms. The Labute approximate surface area is 272 Å². The number of carbonyl (C=O) groups is 3. The highest BCUT2D eigenvalue weighted by atomic mass is 32.3. The largest absolute Gasteiger partial charge is 0.489 e. The molecule has 47 heavy (non-hydrogen) atoms. The Morgan fingerprint density at radius 1 is 1.26 bits per heavy atom. The van der Waals surface area contributed by atoms with E-state index >= 15 is 0 Å². The first-order valence-corrected chi connectivity index (χ1v) is 16.1. The highest BCUT2D eigenvalue weighted by Gasteiger charge is 2.58. The summed E-state index contributed by atoms with van der Waals surface area (Å²) >= 11 is 0.954. The van der Waals surface area contributed by atoms with Crippen LogP contribution in [0.2, 0.25) is 0 Å². The van der Waals surface area contributed by atoms with Gasteiger partial charge in [-0.1, -0.05) is 17.3 Å². The zero-order valence-corrected chi connectivity index (χ0v) is 27.0. The number of hydrogen-bond donors (Lipinski definition) is 6. The topological polar surface area (TPSA) is 281 Å². The lowest BCUT2D eigenvalue weighted by Crippen LogP contribution is -2.76. The Morgan fingerprint density at radius 3 is 2.49 bits per heavy atom. The summed E-state index contributed by atoms with van der Waals surface area (Å²) < 4.78 is 44.8. The number of aryl methyl sites for hydroxylation is 1. The minimum atomic E-state index is -5.02. The van der Waals surface area contributed by atoms with Crippen LogP contribution in [0, 0.1) is 0 Å². The molecule has 0 aliphatic carbocycles. The van der Waals surface area contributed by atoms with Crippen molar-refractivity contribution in [3.05, 3.63) is 41.5 Å². The maximum atomic E-state index is 13.2. The number of oxime groups is 1. The fourth-order valence-corrected chi connectivity index (χ4v) is 5.49. The van der Waals surface area contributed by atoms with Gasteiger partial charge in [-0.25, -0.2) is 9.78 Å². The van der Waals surface area contributed by atoms with Gasteiger partial charge in [0.15, 0.2) is 23.2 Å². The van der Waals surface area contributed by atoms with Crippen molar-refractivity contribution in [1.29, 1.82) is 0 Å². The molecule has 21 heteroatoms. The van der Waals surface area contributed by atoms with Crippen LogP contribution in [0.4, 0.5) is 10.9 Å². The van der Waals surface area contributed by atoms with E-state index in [0.717, 1.165) is 28.9 Å². The Bertz CT molecular complexity index is 1790. The number of ether oxygens (including phenoxy) is 1. The number of carboxylic acid groups (broad SMARTS) is 1.